The van der Waals surface area contributed by atoms with E-state index in [1.54, 1.807) is 12.3 Å². The zero-order valence-corrected chi connectivity index (χ0v) is 15.6. The molecule has 3 aromatic carbocycles. The quantitative estimate of drug-likeness (QED) is 0.531. The standard InChI is InChI=1S/C23H19N3O2/c1-15-6-7-18(12-16(15)2)26-23(27)21-5-3-4-17-13-19(8-9-20(17)21)28-22-10-11-24-14-25-22/h3-14H,1-2H3,(H,26,27). The minimum absolute atomic E-state index is 0.140. The fraction of sp³-hybridized carbons (Fsp3) is 0.0870. The number of hydrogen-bond acceptors (Lipinski definition) is 4. The zero-order valence-electron chi connectivity index (χ0n) is 15.6. The molecule has 1 aromatic heterocycles. The van der Waals surface area contributed by atoms with Crippen LogP contribution in [0, 0.1) is 13.8 Å². The lowest BCUT2D eigenvalue weighted by Gasteiger charge is -2.11. The summed E-state index contributed by atoms with van der Waals surface area (Å²) in [5, 5.41) is 4.76. The largest absolute Gasteiger partial charge is 0.439 e. The summed E-state index contributed by atoms with van der Waals surface area (Å²) in [5.74, 6) is 0.981. The van der Waals surface area contributed by atoms with Gasteiger partial charge in [-0.1, -0.05) is 18.2 Å². The molecule has 1 heterocycles. The van der Waals surface area contributed by atoms with Gasteiger partial charge in [0.05, 0.1) is 0 Å². The predicted molar refractivity (Wildman–Crippen MR) is 110 cm³/mol. The molecule has 0 unspecified atom stereocenters. The number of aryl methyl sites for hydroxylation is 2. The van der Waals surface area contributed by atoms with Crippen molar-refractivity contribution < 1.29 is 9.53 Å². The molecule has 1 N–H and O–H groups in total. The Morgan fingerprint density at radius 1 is 0.964 bits per heavy atom. The van der Waals surface area contributed by atoms with Crippen LogP contribution >= 0.6 is 0 Å². The van der Waals surface area contributed by atoms with Gasteiger partial charge in [-0.15, -0.1) is 0 Å². The van der Waals surface area contributed by atoms with Crippen LogP contribution in [0.2, 0.25) is 0 Å². The maximum atomic E-state index is 12.8. The highest BCUT2D eigenvalue weighted by molar-refractivity contribution is 6.13. The molecule has 138 valence electrons. The van der Waals surface area contributed by atoms with Crippen LogP contribution in [-0.4, -0.2) is 15.9 Å². The molecule has 1 amide bonds. The van der Waals surface area contributed by atoms with Gasteiger partial charge in [0.1, 0.15) is 12.1 Å². The van der Waals surface area contributed by atoms with E-state index in [2.05, 4.69) is 15.3 Å². The fourth-order valence-corrected chi connectivity index (χ4v) is 3.00. The van der Waals surface area contributed by atoms with Crippen LogP contribution in [0.15, 0.2) is 73.2 Å². The van der Waals surface area contributed by atoms with Crippen molar-refractivity contribution in [2.24, 2.45) is 0 Å². The highest BCUT2D eigenvalue weighted by Crippen LogP contribution is 2.27. The number of carbonyl (C=O) groups excluding carboxylic acids is 1. The molecule has 0 spiro atoms. The number of carbonyl (C=O) groups is 1. The van der Waals surface area contributed by atoms with Gasteiger partial charge in [0, 0.05) is 23.5 Å². The fourth-order valence-electron chi connectivity index (χ4n) is 3.00. The number of nitrogens with one attached hydrogen (secondary N) is 1. The average molecular weight is 369 g/mol. The van der Waals surface area contributed by atoms with Crippen LogP contribution in [0.3, 0.4) is 0 Å². The third kappa shape index (κ3) is 3.69. The van der Waals surface area contributed by atoms with Crippen molar-refractivity contribution in [1.82, 2.24) is 9.97 Å². The number of hydrogen-bond donors (Lipinski definition) is 1. The molecule has 0 atom stereocenters. The van der Waals surface area contributed by atoms with Crippen molar-refractivity contribution in [3.63, 3.8) is 0 Å². The second-order valence-corrected chi connectivity index (χ2v) is 6.59. The number of nitrogens with zero attached hydrogens (tertiary/aromatic N) is 2. The monoisotopic (exact) mass is 369 g/mol. The van der Waals surface area contributed by atoms with E-state index < -0.39 is 0 Å². The summed E-state index contributed by atoms with van der Waals surface area (Å²) in [6.45, 7) is 4.08. The van der Waals surface area contributed by atoms with Gasteiger partial charge in [-0.25, -0.2) is 9.97 Å². The summed E-state index contributed by atoms with van der Waals surface area (Å²) in [7, 11) is 0. The maximum Gasteiger partial charge on any atom is 0.256 e. The van der Waals surface area contributed by atoms with E-state index in [-0.39, 0.29) is 5.91 Å². The zero-order chi connectivity index (χ0) is 19.5. The van der Waals surface area contributed by atoms with Crippen molar-refractivity contribution in [3.8, 4) is 11.6 Å². The van der Waals surface area contributed by atoms with Gasteiger partial charge in [0.15, 0.2) is 0 Å². The smallest absolute Gasteiger partial charge is 0.256 e. The van der Waals surface area contributed by atoms with Gasteiger partial charge < -0.3 is 10.1 Å². The Hall–Kier alpha value is -3.73. The molecule has 0 saturated carbocycles. The highest BCUT2D eigenvalue weighted by Gasteiger charge is 2.11. The Morgan fingerprint density at radius 2 is 1.86 bits per heavy atom. The van der Waals surface area contributed by atoms with Crippen LogP contribution in [0.1, 0.15) is 21.5 Å². The molecular formula is C23H19N3O2. The molecule has 0 aliphatic rings. The van der Waals surface area contributed by atoms with E-state index in [1.807, 2.05) is 68.4 Å². The van der Waals surface area contributed by atoms with E-state index in [1.165, 1.54) is 11.9 Å². The molecular weight excluding hydrogens is 350 g/mol. The van der Waals surface area contributed by atoms with Gasteiger partial charge in [0.25, 0.3) is 5.91 Å². The van der Waals surface area contributed by atoms with Crippen LogP contribution < -0.4 is 10.1 Å². The van der Waals surface area contributed by atoms with Crippen molar-refractivity contribution in [2.45, 2.75) is 13.8 Å². The number of aromatic nitrogens is 2. The Balaban J connectivity index is 1.62. The summed E-state index contributed by atoms with van der Waals surface area (Å²) in [6.07, 6.45) is 3.06. The van der Waals surface area contributed by atoms with Gasteiger partial charge in [-0.05, 0) is 72.1 Å². The molecule has 0 fully saturated rings. The average Bonchev–Trinajstić information content (AvgIpc) is 2.71. The van der Waals surface area contributed by atoms with E-state index in [4.69, 9.17) is 4.74 Å². The van der Waals surface area contributed by atoms with Crippen molar-refractivity contribution >= 4 is 22.4 Å². The second-order valence-electron chi connectivity index (χ2n) is 6.59. The van der Waals surface area contributed by atoms with Crippen LogP contribution in [0.25, 0.3) is 10.8 Å². The summed E-state index contributed by atoms with van der Waals surface area (Å²) >= 11 is 0. The maximum absolute atomic E-state index is 12.8. The van der Waals surface area contributed by atoms with Crippen LogP contribution in [0.5, 0.6) is 11.6 Å². The molecule has 5 heteroatoms. The third-order valence-corrected chi connectivity index (χ3v) is 4.64. The lowest BCUT2D eigenvalue weighted by atomic mass is 10.0. The Bertz CT molecular complexity index is 1160. The van der Waals surface area contributed by atoms with Gasteiger partial charge >= 0.3 is 0 Å². The van der Waals surface area contributed by atoms with E-state index in [0.29, 0.717) is 17.2 Å². The molecule has 0 aliphatic carbocycles. The lowest BCUT2D eigenvalue weighted by molar-refractivity contribution is 0.102. The Labute approximate surface area is 163 Å². The van der Waals surface area contributed by atoms with Gasteiger partial charge in [0.2, 0.25) is 5.88 Å². The van der Waals surface area contributed by atoms with E-state index >= 15 is 0 Å². The molecule has 5 nitrogen and oxygen atoms in total. The molecule has 0 radical (unpaired) electrons. The first-order chi connectivity index (χ1) is 13.6. The van der Waals surface area contributed by atoms with Gasteiger partial charge in [-0.2, -0.15) is 0 Å². The number of rotatable bonds is 4. The van der Waals surface area contributed by atoms with E-state index in [9.17, 15) is 4.79 Å². The first-order valence-electron chi connectivity index (χ1n) is 8.95. The van der Waals surface area contributed by atoms with Crippen molar-refractivity contribution in [1.29, 1.82) is 0 Å². The summed E-state index contributed by atoms with van der Waals surface area (Å²) < 4.78 is 5.76. The van der Waals surface area contributed by atoms with E-state index in [0.717, 1.165) is 22.0 Å². The topological polar surface area (TPSA) is 64.1 Å². The van der Waals surface area contributed by atoms with Crippen molar-refractivity contribution in [3.05, 3.63) is 89.9 Å². The highest BCUT2D eigenvalue weighted by atomic mass is 16.5. The Morgan fingerprint density at radius 3 is 2.64 bits per heavy atom. The molecule has 0 saturated heterocycles. The third-order valence-electron chi connectivity index (χ3n) is 4.64. The molecule has 4 aromatic rings. The molecule has 0 aliphatic heterocycles. The number of amides is 1. The molecule has 0 bridgehead atoms. The summed E-state index contributed by atoms with van der Waals surface area (Å²) in [5.41, 5.74) is 3.74. The normalized spacial score (nSPS) is 10.6. The predicted octanol–water partition coefficient (Wildman–Crippen LogP) is 5.29. The first-order valence-corrected chi connectivity index (χ1v) is 8.95. The van der Waals surface area contributed by atoms with Crippen LogP contribution in [-0.2, 0) is 0 Å². The molecule has 4 rings (SSSR count). The summed E-state index contributed by atoms with van der Waals surface area (Å²) in [4.78, 5) is 20.8. The second kappa shape index (κ2) is 7.48. The van der Waals surface area contributed by atoms with Crippen molar-refractivity contribution in [2.75, 3.05) is 5.32 Å². The minimum atomic E-state index is -0.140. The Kier molecular flexibility index (Phi) is 4.72. The number of benzene rings is 3. The van der Waals surface area contributed by atoms with Gasteiger partial charge in [-0.3, -0.25) is 4.79 Å². The lowest BCUT2D eigenvalue weighted by Crippen LogP contribution is -2.12. The SMILES string of the molecule is Cc1ccc(NC(=O)c2cccc3cc(Oc4ccncn4)ccc23)cc1C. The number of fused-ring (bicyclic) bond motifs is 1. The number of ether oxygens (including phenoxy) is 1. The van der Waals surface area contributed by atoms with Crippen LogP contribution in [0.4, 0.5) is 5.69 Å². The number of anilines is 1. The summed E-state index contributed by atoms with van der Waals surface area (Å²) in [6, 6.07) is 18.8. The minimum Gasteiger partial charge on any atom is -0.439 e. The first kappa shape index (κ1) is 17.7. The molecule has 28 heavy (non-hydrogen) atoms.